The molecule has 0 saturated carbocycles. The quantitative estimate of drug-likeness (QED) is 0.684. The fourth-order valence-electron chi connectivity index (χ4n) is 1.49. The summed E-state index contributed by atoms with van der Waals surface area (Å²) in [7, 11) is 0. The summed E-state index contributed by atoms with van der Waals surface area (Å²) in [6.45, 7) is 0. The normalized spacial score (nSPS) is 11.6. The monoisotopic (exact) mass is 324 g/mol. The van der Waals surface area contributed by atoms with E-state index in [9.17, 15) is 18.0 Å². The molecule has 19 heavy (non-hydrogen) atoms. The lowest BCUT2D eigenvalue weighted by atomic mass is 10.0. The minimum absolute atomic E-state index is 0.0776. The van der Waals surface area contributed by atoms with Gasteiger partial charge in [0.15, 0.2) is 5.78 Å². The highest BCUT2D eigenvalue weighted by molar-refractivity contribution is 7.20. The van der Waals surface area contributed by atoms with Gasteiger partial charge >= 0.3 is 6.18 Å². The minimum atomic E-state index is -4.49. The van der Waals surface area contributed by atoms with Gasteiger partial charge in [-0.15, -0.1) is 11.3 Å². The Morgan fingerprint density at radius 2 is 1.84 bits per heavy atom. The van der Waals surface area contributed by atoms with Crippen molar-refractivity contribution in [1.29, 1.82) is 0 Å². The van der Waals surface area contributed by atoms with Crippen LogP contribution in [0.15, 0.2) is 30.3 Å². The minimum Gasteiger partial charge on any atom is -0.289 e. The van der Waals surface area contributed by atoms with Crippen molar-refractivity contribution in [2.75, 3.05) is 0 Å². The van der Waals surface area contributed by atoms with Gasteiger partial charge in [0.1, 0.15) is 4.34 Å². The topological polar surface area (TPSA) is 17.1 Å². The van der Waals surface area contributed by atoms with Crippen LogP contribution < -0.4 is 0 Å². The lowest BCUT2D eigenvalue weighted by molar-refractivity contribution is -0.137. The molecule has 0 aliphatic carbocycles. The fourth-order valence-corrected chi connectivity index (χ4v) is 2.95. The van der Waals surface area contributed by atoms with Crippen LogP contribution in [0, 0.1) is 0 Å². The maximum absolute atomic E-state index is 12.6. The number of thiophene rings is 1. The molecular weight excluding hydrogens is 320 g/mol. The van der Waals surface area contributed by atoms with Gasteiger partial charge in [-0.1, -0.05) is 35.3 Å². The van der Waals surface area contributed by atoms with E-state index in [0.29, 0.717) is 4.34 Å². The molecule has 2 rings (SSSR count). The first kappa shape index (κ1) is 14.4. The highest BCUT2D eigenvalue weighted by Gasteiger charge is 2.31. The summed E-state index contributed by atoms with van der Waals surface area (Å²) >= 11 is 12.5. The zero-order valence-corrected chi connectivity index (χ0v) is 11.4. The zero-order chi connectivity index (χ0) is 14.2. The van der Waals surface area contributed by atoms with Crippen molar-refractivity contribution in [2.45, 2.75) is 6.18 Å². The highest BCUT2D eigenvalue weighted by atomic mass is 35.5. The Labute approximate surface area is 120 Å². The summed E-state index contributed by atoms with van der Waals surface area (Å²) in [5.74, 6) is -0.584. The third kappa shape index (κ3) is 3.11. The molecule has 0 bridgehead atoms. The molecule has 0 saturated heterocycles. The van der Waals surface area contributed by atoms with E-state index in [0.717, 1.165) is 23.5 Å². The highest BCUT2D eigenvalue weighted by Crippen LogP contribution is 2.34. The van der Waals surface area contributed by atoms with Crippen LogP contribution in [0.25, 0.3) is 0 Å². The largest absolute Gasteiger partial charge is 0.416 e. The number of ketones is 1. The Morgan fingerprint density at radius 3 is 2.37 bits per heavy atom. The number of carbonyl (C=O) groups excluding carboxylic acids is 1. The molecule has 1 aromatic carbocycles. The predicted octanol–water partition coefficient (Wildman–Crippen LogP) is 5.30. The van der Waals surface area contributed by atoms with Crippen LogP contribution in [0.3, 0.4) is 0 Å². The van der Waals surface area contributed by atoms with Crippen molar-refractivity contribution in [3.05, 3.63) is 55.7 Å². The molecule has 0 N–H and O–H groups in total. The summed E-state index contributed by atoms with van der Waals surface area (Å²) in [4.78, 5) is 12.1. The van der Waals surface area contributed by atoms with Gasteiger partial charge in [0.05, 0.1) is 15.5 Å². The fraction of sp³-hybridized carbons (Fsp3) is 0.0833. The van der Waals surface area contributed by atoms with Crippen LogP contribution in [0.2, 0.25) is 8.67 Å². The van der Waals surface area contributed by atoms with E-state index in [4.69, 9.17) is 23.2 Å². The molecule has 0 aliphatic heterocycles. The van der Waals surface area contributed by atoms with E-state index in [2.05, 4.69) is 0 Å². The molecule has 0 amide bonds. The van der Waals surface area contributed by atoms with Crippen LogP contribution in [0.1, 0.15) is 21.5 Å². The molecular formula is C12H5Cl2F3OS. The second kappa shape index (κ2) is 5.15. The lowest BCUT2D eigenvalue weighted by Gasteiger charge is -2.07. The molecule has 0 unspecified atom stereocenters. The standard InChI is InChI=1S/C12H5Cl2F3OS/c13-9-5-8(11(14)19-9)10(18)6-2-1-3-7(4-6)12(15,16)17/h1-5H. The van der Waals surface area contributed by atoms with Crippen LogP contribution in [-0.2, 0) is 6.18 Å². The summed E-state index contributed by atoms with van der Waals surface area (Å²) < 4.78 is 38.1. The third-order valence-corrected chi connectivity index (χ3v) is 3.84. The van der Waals surface area contributed by atoms with Gasteiger partial charge in [0.25, 0.3) is 0 Å². The number of rotatable bonds is 2. The van der Waals surface area contributed by atoms with Crippen molar-refractivity contribution in [3.63, 3.8) is 0 Å². The Balaban J connectivity index is 2.43. The first-order chi connectivity index (χ1) is 8.79. The van der Waals surface area contributed by atoms with E-state index in [1.54, 1.807) is 0 Å². The van der Waals surface area contributed by atoms with Gasteiger partial charge in [-0.25, -0.2) is 0 Å². The maximum Gasteiger partial charge on any atom is 0.416 e. The van der Waals surface area contributed by atoms with E-state index < -0.39 is 17.5 Å². The van der Waals surface area contributed by atoms with E-state index in [1.165, 1.54) is 18.2 Å². The van der Waals surface area contributed by atoms with Gasteiger partial charge in [0, 0.05) is 5.56 Å². The first-order valence-electron chi connectivity index (χ1n) is 4.96. The second-order valence-electron chi connectivity index (χ2n) is 3.65. The summed E-state index contributed by atoms with van der Waals surface area (Å²) in [5.41, 5.74) is -0.849. The number of carbonyl (C=O) groups is 1. The first-order valence-corrected chi connectivity index (χ1v) is 6.53. The van der Waals surface area contributed by atoms with Crippen LogP contribution in [0.4, 0.5) is 13.2 Å². The summed E-state index contributed by atoms with van der Waals surface area (Å²) in [5, 5.41) is 0. The van der Waals surface area contributed by atoms with Crippen molar-refractivity contribution in [3.8, 4) is 0 Å². The maximum atomic E-state index is 12.6. The van der Waals surface area contributed by atoms with Gasteiger partial charge in [-0.3, -0.25) is 4.79 Å². The molecule has 0 radical (unpaired) electrons. The Morgan fingerprint density at radius 1 is 1.16 bits per heavy atom. The summed E-state index contributed by atoms with van der Waals surface area (Å²) in [6.07, 6.45) is -4.49. The lowest BCUT2D eigenvalue weighted by Crippen LogP contribution is -2.07. The van der Waals surface area contributed by atoms with Crippen molar-refractivity contribution in [2.24, 2.45) is 0 Å². The SMILES string of the molecule is O=C(c1cccc(C(F)(F)F)c1)c1cc(Cl)sc1Cl. The molecule has 2 aromatic rings. The van der Waals surface area contributed by atoms with Gasteiger partial charge in [-0.2, -0.15) is 13.2 Å². The molecule has 1 aromatic heterocycles. The number of hydrogen-bond acceptors (Lipinski definition) is 2. The number of halogens is 5. The van der Waals surface area contributed by atoms with Crippen LogP contribution >= 0.6 is 34.5 Å². The molecule has 7 heteroatoms. The number of benzene rings is 1. The summed E-state index contributed by atoms with van der Waals surface area (Å²) in [6, 6.07) is 5.53. The average Bonchev–Trinajstić information content (AvgIpc) is 2.66. The van der Waals surface area contributed by atoms with Gasteiger partial charge in [-0.05, 0) is 18.2 Å². The molecule has 0 spiro atoms. The molecule has 0 aliphatic rings. The number of alkyl halides is 3. The van der Waals surface area contributed by atoms with Crippen LogP contribution in [0.5, 0.6) is 0 Å². The van der Waals surface area contributed by atoms with Crippen molar-refractivity contribution in [1.82, 2.24) is 0 Å². The Hall–Kier alpha value is -1.04. The van der Waals surface area contributed by atoms with E-state index >= 15 is 0 Å². The Kier molecular flexibility index (Phi) is 3.90. The zero-order valence-electron chi connectivity index (χ0n) is 9.09. The van der Waals surface area contributed by atoms with Crippen LogP contribution in [-0.4, -0.2) is 5.78 Å². The van der Waals surface area contributed by atoms with Crippen molar-refractivity contribution < 1.29 is 18.0 Å². The molecule has 100 valence electrons. The third-order valence-electron chi connectivity index (χ3n) is 2.35. The predicted molar refractivity (Wildman–Crippen MR) is 69.2 cm³/mol. The molecule has 0 fully saturated rings. The Bertz CT molecular complexity index is 634. The average molecular weight is 325 g/mol. The van der Waals surface area contributed by atoms with E-state index in [-0.39, 0.29) is 15.5 Å². The molecule has 1 heterocycles. The van der Waals surface area contributed by atoms with Gasteiger partial charge in [0.2, 0.25) is 0 Å². The molecule has 1 nitrogen and oxygen atoms in total. The second-order valence-corrected chi connectivity index (χ2v) is 5.93. The van der Waals surface area contributed by atoms with E-state index in [1.807, 2.05) is 0 Å². The van der Waals surface area contributed by atoms with Gasteiger partial charge < -0.3 is 0 Å². The van der Waals surface area contributed by atoms with Crippen molar-refractivity contribution >= 4 is 40.3 Å². The smallest absolute Gasteiger partial charge is 0.289 e. The molecule has 0 atom stereocenters. The number of hydrogen-bond donors (Lipinski definition) is 0.